The summed E-state index contributed by atoms with van der Waals surface area (Å²) < 4.78 is 30.2. The summed E-state index contributed by atoms with van der Waals surface area (Å²) in [6.45, 7) is 0. The van der Waals surface area contributed by atoms with E-state index in [0.717, 1.165) is 45.9 Å². The van der Waals surface area contributed by atoms with Gasteiger partial charge in [0.2, 0.25) is 0 Å². The van der Waals surface area contributed by atoms with Crippen molar-refractivity contribution in [3.8, 4) is 0 Å². The van der Waals surface area contributed by atoms with Gasteiger partial charge in [0.15, 0.2) is 0 Å². The number of nitrogens with zero attached hydrogens (tertiary/aromatic N) is 2. The zero-order valence-corrected chi connectivity index (χ0v) is 31.8. The number of fused-ring (bicyclic) bond motifs is 2. The fourth-order valence-electron chi connectivity index (χ4n) is 7.62. The first kappa shape index (κ1) is 39.2. The maximum atomic E-state index is 15.1. The molecule has 0 radical (unpaired) electrons. The van der Waals surface area contributed by atoms with Crippen LogP contribution in [-0.2, 0) is 12.8 Å². The van der Waals surface area contributed by atoms with Gasteiger partial charge in [-0.05, 0) is 109 Å². The van der Waals surface area contributed by atoms with Gasteiger partial charge >= 0.3 is 0 Å². The van der Waals surface area contributed by atoms with Gasteiger partial charge in [-0.15, -0.1) is 0 Å². The SMILES string of the molecule is O=C(N[C@H]1CCC[C@@H]1O)c1cc(Cc2ccc(Cl)nc2)c2ccccc2c1F.O=C(N[C@H]1CCC[C@H]1O)c1cc(Cc2ccc(Cl)nc2)c2ccccc2c1F. The molecular formula is C44H40Cl2F2N4O4. The third-order valence-corrected chi connectivity index (χ3v) is 11.0. The van der Waals surface area contributed by atoms with Crippen molar-refractivity contribution in [1.29, 1.82) is 0 Å². The molecule has 2 saturated carbocycles. The number of aliphatic hydroxyl groups excluding tert-OH is 2. The fraction of sp³-hybridized carbons (Fsp3) is 0.273. The van der Waals surface area contributed by atoms with E-state index in [1.807, 2.05) is 36.4 Å². The van der Waals surface area contributed by atoms with Crippen molar-refractivity contribution in [3.05, 3.63) is 153 Å². The summed E-state index contributed by atoms with van der Waals surface area (Å²) in [7, 11) is 0. The van der Waals surface area contributed by atoms with E-state index in [0.29, 0.717) is 59.6 Å². The predicted octanol–water partition coefficient (Wildman–Crippen LogP) is 8.52. The summed E-state index contributed by atoms with van der Waals surface area (Å²) in [6.07, 6.45) is 7.59. The molecule has 0 saturated heterocycles. The molecule has 12 heteroatoms. The number of pyridine rings is 2. The molecule has 0 unspecified atom stereocenters. The zero-order valence-electron chi connectivity index (χ0n) is 30.3. The predicted molar refractivity (Wildman–Crippen MR) is 214 cm³/mol. The van der Waals surface area contributed by atoms with Crippen LogP contribution in [0.2, 0.25) is 10.3 Å². The second kappa shape index (κ2) is 17.4. The highest BCUT2D eigenvalue weighted by atomic mass is 35.5. The van der Waals surface area contributed by atoms with E-state index in [1.54, 1.807) is 60.9 Å². The summed E-state index contributed by atoms with van der Waals surface area (Å²) in [4.78, 5) is 33.7. The highest BCUT2D eigenvalue weighted by molar-refractivity contribution is 6.29. The molecule has 8 rings (SSSR count). The molecule has 8 nitrogen and oxygen atoms in total. The minimum atomic E-state index is -0.577. The summed E-state index contributed by atoms with van der Waals surface area (Å²) >= 11 is 11.7. The van der Waals surface area contributed by atoms with Crippen molar-refractivity contribution in [2.45, 2.75) is 75.7 Å². The van der Waals surface area contributed by atoms with Gasteiger partial charge in [0, 0.05) is 23.2 Å². The molecule has 2 heterocycles. The van der Waals surface area contributed by atoms with Gasteiger partial charge in [-0.2, -0.15) is 0 Å². The molecular weight excluding hydrogens is 757 g/mol. The maximum absolute atomic E-state index is 15.1. The lowest BCUT2D eigenvalue weighted by atomic mass is 9.95. The minimum absolute atomic E-state index is 0.00489. The summed E-state index contributed by atoms with van der Waals surface area (Å²) in [5.41, 5.74) is 3.48. The number of hydrogen-bond acceptors (Lipinski definition) is 6. The fourth-order valence-corrected chi connectivity index (χ4v) is 7.85. The number of aliphatic hydroxyl groups is 2. The number of aromatic nitrogens is 2. The van der Waals surface area contributed by atoms with E-state index < -0.39 is 35.7 Å². The van der Waals surface area contributed by atoms with Crippen molar-refractivity contribution >= 4 is 56.6 Å². The van der Waals surface area contributed by atoms with E-state index in [1.165, 1.54) is 0 Å². The van der Waals surface area contributed by atoms with Gasteiger partial charge < -0.3 is 20.8 Å². The highest BCUT2D eigenvalue weighted by Gasteiger charge is 2.30. The first-order valence-electron chi connectivity index (χ1n) is 18.6. The van der Waals surface area contributed by atoms with Crippen molar-refractivity contribution in [2.24, 2.45) is 0 Å². The van der Waals surface area contributed by atoms with Crippen LogP contribution in [0.25, 0.3) is 21.5 Å². The molecule has 2 amide bonds. The summed E-state index contributed by atoms with van der Waals surface area (Å²) in [5, 5.41) is 28.7. The topological polar surface area (TPSA) is 124 Å². The molecule has 0 bridgehead atoms. The number of benzene rings is 4. The Hall–Kier alpha value is -5.00. The van der Waals surface area contributed by atoms with Crippen LogP contribution in [0.15, 0.2) is 97.3 Å². The molecule has 0 aliphatic heterocycles. The Morgan fingerprint density at radius 2 is 1.00 bits per heavy atom. The minimum Gasteiger partial charge on any atom is -0.391 e. The van der Waals surface area contributed by atoms with Gasteiger partial charge in [-0.3, -0.25) is 9.59 Å². The lowest BCUT2D eigenvalue weighted by Crippen LogP contribution is -2.40. The average Bonchev–Trinajstić information content (AvgIpc) is 3.81. The molecule has 0 spiro atoms. The number of amides is 2. The molecule has 4 aromatic carbocycles. The third-order valence-electron chi connectivity index (χ3n) is 10.6. The molecule has 2 aliphatic carbocycles. The Labute approximate surface area is 332 Å². The highest BCUT2D eigenvalue weighted by Crippen LogP contribution is 2.30. The Morgan fingerprint density at radius 3 is 1.34 bits per heavy atom. The van der Waals surface area contributed by atoms with Gasteiger partial charge in [-0.25, -0.2) is 18.7 Å². The molecule has 288 valence electrons. The lowest BCUT2D eigenvalue weighted by Gasteiger charge is -2.18. The van der Waals surface area contributed by atoms with Crippen LogP contribution in [0.4, 0.5) is 8.78 Å². The second-order valence-corrected chi connectivity index (χ2v) is 15.1. The number of hydrogen-bond donors (Lipinski definition) is 4. The molecule has 2 fully saturated rings. The smallest absolute Gasteiger partial charge is 0.254 e. The first-order valence-corrected chi connectivity index (χ1v) is 19.4. The largest absolute Gasteiger partial charge is 0.391 e. The second-order valence-electron chi connectivity index (χ2n) is 14.4. The number of halogens is 4. The van der Waals surface area contributed by atoms with E-state index in [4.69, 9.17) is 23.2 Å². The summed E-state index contributed by atoms with van der Waals surface area (Å²) in [6, 6.07) is 23.9. The number of carbonyl (C=O) groups excluding carboxylic acids is 2. The third kappa shape index (κ3) is 8.84. The standard InChI is InChI=1S/2C22H20ClFN2O2/c2*23-20-9-8-13(12-25-20)10-14-11-17(21(24)16-5-2-1-4-15(14)16)22(28)26-18-6-3-7-19(18)27/h2*1-2,4-5,8-9,11-12,18-19,27H,3,6-7,10H2,(H,26,28)/t18-,19+;18-,19-/m00/s1. The normalized spacial score (nSPS) is 19.1. The quantitative estimate of drug-likeness (QED) is 0.115. The average molecular weight is 798 g/mol. The van der Waals surface area contributed by atoms with E-state index >= 15 is 8.78 Å². The van der Waals surface area contributed by atoms with Crippen LogP contribution in [0.1, 0.15) is 81.5 Å². The molecule has 2 aliphatic rings. The first-order chi connectivity index (χ1) is 27.0. The van der Waals surface area contributed by atoms with Gasteiger partial charge in [0.05, 0.1) is 35.4 Å². The summed E-state index contributed by atoms with van der Waals surface area (Å²) in [5.74, 6) is -2.08. The van der Waals surface area contributed by atoms with Crippen LogP contribution in [0, 0.1) is 11.6 Å². The van der Waals surface area contributed by atoms with Crippen LogP contribution in [0.5, 0.6) is 0 Å². The molecule has 56 heavy (non-hydrogen) atoms. The maximum Gasteiger partial charge on any atom is 0.254 e. The van der Waals surface area contributed by atoms with E-state index in [2.05, 4.69) is 20.6 Å². The van der Waals surface area contributed by atoms with Crippen LogP contribution in [-0.4, -0.2) is 56.3 Å². The van der Waals surface area contributed by atoms with Crippen molar-refractivity contribution < 1.29 is 28.6 Å². The van der Waals surface area contributed by atoms with Crippen LogP contribution >= 0.6 is 23.2 Å². The van der Waals surface area contributed by atoms with Crippen molar-refractivity contribution in [3.63, 3.8) is 0 Å². The van der Waals surface area contributed by atoms with Crippen LogP contribution < -0.4 is 10.6 Å². The Bertz CT molecular complexity index is 2210. The van der Waals surface area contributed by atoms with Gasteiger partial charge in [0.1, 0.15) is 21.9 Å². The molecule has 4 N–H and O–H groups in total. The van der Waals surface area contributed by atoms with E-state index in [9.17, 15) is 19.8 Å². The molecule has 2 aromatic heterocycles. The van der Waals surface area contributed by atoms with Crippen molar-refractivity contribution in [1.82, 2.24) is 20.6 Å². The Kier molecular flexibility index (Phi) is 12.2. The van der Waals surface area contributed by atoms with Crippen molar-refractivity contribution in [2.75, 3.05) is 0 Å². The Morgan fingerprint density at radius 1 is 0.607 bits per heavy atom. The monoisotopic (exact) mass is 796 g/mol. The van der Waals surface area contributed by atoms with E-state index in [-0.39, 0.29) is 23.2 Å². The lowest BCUT2D eigenvalue weighted by molar-refractivity contribution is 0.0864. The Balaban J connectivity index is 0.000000172. The molecule has 6 aromatic rings. The van der Waals surface area contributed by atoms with Gasteiger partial charge in [-0.1, -0.05) is 83.9 Å². The number of nitrogens with one attached hydrogen (secondary N) is 2. The number of carbonyl (C=O) groups is 2. The zero-order chi connectivity index (χ0) is 39.3. The molecule has 4 atom stereocenters. The van der Waals surface area contributed by atoms with Gasteiger partial charge in [0.25, 0.3) is 11.8 Å². The number of rotatable bonds is 8. The van der Waals surface area contributed by atoms with Crippen LogP contribution in [0.3, 0.4) is 0 Å².